The molecule has 0 radical (unpaired) electrons. The largest absolute Gasteiger partial charge is 0.302 e. The first kappa shape index (κ1) is 14.4. The lowest BCUT2D eigenvalue weighted by molar-refractivity contribution is 0.0914. The Balaban J connectivity index is 2.30. The molecule has 98 valence electrons. The van der Waals surface area contributed by atoms with Crippen LogP contribution in [0.15, 0.2) is 0 Å². The van der Waals surface area contributed by atoms with Gasteiger partial charge in [0.1, 0.15) is 0 Å². The molecule has 1 rings (SSSR count). The normalized spacial score (nSPS) is 24.5. The summed E-state index contributed by atoms with van der Waals surface area (Å²) in [7, 11) is 2.21. The van der Waals surface area contributed by atoms with Crippen LogP contribution < -0.4 is 5.32 Å². The number of hydrogen-bond acceptors (Lipinski definition) is 4. The standard InChI is InChI=1S/C13H26N4/c1-4-13-11-17(9-8-16(13)3)7-6-12(10-14)15-5-2/h12-13,15H,4-9,11H2,1-3H3. The van der Waals surface area contributed by atoms with Crippen molar-refractivity contribution in [3.8, 4) is 6.07 Å². The highest BCUT2D eigenvalue weighted by atomic mass is 15.3. The molecule has 17 heavy (non-hydrogen) atoms. The number of hydrogen-bond donors (Lipinski definition) is 1. The highest BCUT2D eigenvalue weighted by Gasteiger charge is 2.22. The minimum absolute atomic E-state index is 0.0136. The van der Waals surface area contributed by atoms with Gasteiger partial charge in [0, 0.05) is 32.2 Å². The Morgan fingerprint density at radius 3 is 2.76 bits per heavy atom. The van der Waals surface area contributed by atoms with E-state index >= 15 is 0 Å². The van der Waals surface area contributed by atoms with Gasteiger partial charge in [-0.2, -0.15) is 5.26 Å². The van der Waals surface area contributed by atoms with E-state index in [1.54, 1.807) is 0 Å². The zero-order valence-electron chi connectivity index (χ0n) is 11.4. The molecule has 0 amide bonds. The minimum Gasteiger partial charge on any atom is -0.302 e. The molecule has 4 heteroatoms. The predicted molar refractivity (Wildman–Crippen MR) is 70.8 cm³/mol. The topological polar surface area (TPSA) is 42.3 Å². The molecule has 0 aromatic carbocycles. The first-order chi connectivity index (χ1) is 8.21. The molecule has 2 unspecified atom stereocenters. The fourth-order valence-corrected chi connectivity index (χ4v) is 2.42. The van der Waals surface area contributed by atoms with Crippen LogP contribution >= 0.6 is 0 Å². The number of piperazine rings is 1. The SMILES string of the molecule is CCNC(C#N)CCN1CCN(C)C(CC)C1. The van der Waals surface area contributed by atoms with E-state index in [1.807, 2.05) is 6.92 Å². The maximum atomic E-state index is 8.99. The monoisotopic (exact) mass is 238 g/mol. The zero-order valence-corrected chi connectivity index (χ0v) is 11.4. The van der Waals surface area contributed by atoms with Gasteiger partial charge in [0.25, 0.3) is 0 Å². The summed E-state index contributed by atoms with van der Waals surface area (Å²) in [5.74, 6) is 0. The Morgan fingerprint density at radius 1 is 1.41 bits per heavy atom. The summed E-state index contributed by atoms with van der Waals surface area (Å²) in [4.78, 5) is 4.94. The zero-order chi connectivity index (χ0) is 12.7. The van der Waals surface area contributed by atoms with E-state index in [1.165, 1.54) is 6.42 Å². The van der Waals surface area contributed by atoms with Crippen molar-refractivity contribution in [1.29, 1.82) is 5.26 Å². The van der Waals surface area contributed by atoms with Crippen molar-refractivity contribution in [2.45, 2.75) is 38.8 Å². The Labute approximate surface area is 106 Å². The lowest BCUT2D eigenvalue weighted by atomic mass is 10.1. The van der Waals surface area contributed by atoms with Gasteiger partial charge in [0.15, 0.2) is 0 Å². The molecular weight excluding hydrogens is 212 g/mol. The van der Waals surface area contributed by atoms with Gasteiger partial charge in [-0.25, -0.2) is 0 Å². The molecule has 0 bridgehead atoms. The average molecular weight is 238 g/mol. The van der Waals surface area contributed by atoms with E-state index < -0.39 is 0 Å². The molecular formula is C13H26N4. The molecule has 0 aromatic rings. The van der Waals surface area contributed by atoms with E-state index in [4.69, 9.17) is 5.26 Å². The van der Waals surface area contributed by atoms with Crippen LogP contribution in [-0.2, 0) is 0 Å². The number of nitriles is 1. The Morgan fingerprint density at radius 2 is 2.18 bits per heavy atom. The summed E-state index contributed by atoms with van der Waals surface area (Å²) in [6.45, 7) is 9.65. The third-order valence-electron chi connectivity index (χ3n) is 3.67. The Kier molecular flexibility index (Phi) is 6.49. The first-order valence-electron chi connectivity index (χ1n) is 6.76. The van der Waals surface area contributed by atoms with E-state index in [2.05, 4.69) is 35.2 Å². The van der Waals surface area contributed by atoms with Crippen LogP contribution in [0.25, 0.3) is 0 Å². The van der Waals surface area contributed by atoms with Crippen LogP contribution in [0.1, 0.15) is 26.7 Å². The summed E-state index contributed by atoms with van der Waals surface area (Å²) in [6.07, 6.45) is 2.15. The lowest BCUT2D eigenvalue weighted by Crippen LogP contribution is -2.51. The van der Waals surface area contributed by atoms with Crippen molar-refractivity contribution >= 4 is 0 Å². The maximum absolute atomic E-state index is 8.99. The van der Waals surface area contributed by atoms with Gasteiger partial charge in [0.05, 0.1) is 12.1 Å². The molecule has 0 aliphatic carbocycles. The van der Waals surface area contributed by atoms with Gasteiger partial charge < -0.3 is 15.1 Å². The molecule has 1 heterocycles. The van der Waals surface area contributed by atoms with Crippen molar-refractivity contribution in [1.82, 2.24) is 15.1 Å². The van der Waals surface area contributed by atoms with Gasteiger partial charge in [-0.3, -0.25) is 0 Å². The van der Waals surface area contributed by atoms with E-state index in [0.29, 0.717) is 6.04 Å². The fourth-order valence-electron chi connectivity index (χ4n) is 2.42. The first-order valence-corrected chi connectivity index (χ1v) is 6.76. The van der Waals surface area contributed by atoms with E-state index in [0.717, 1.165) is 39.1 Å². The van der Waals surface area contributed by atoms with Crippen LogP contribution in [0, 0.1) is 11.3 Å². The van der Waals surface area contributed by atoms with Gasteiger partial charge in [0.2, 0.25) is 0 Å². The van der Waals surface area contributed by atoms with Crippen molar-refractivity contribution in [3.05, 3.63) is 0 Å². The number of nitrogens with zero attached hydrogens (tertiary/aromatic N) is 3. The quantitative estimate of drug-likeness (QED) is 0.747. The van der Waals surface area contributed by atoms with Crippen LogP contribution in [0.4, 0.5) is 0 Å². The summed E-state index contributed by atoms with van der Waals surface area (Å²) in [6, 6.07) is 3.03. The number of rotatable bonds is 6. The van der Waals surface area contributed by atoms with E-state index in [-0.39, 0.29) is 6.04 Å². The van der Waals surface area contributed by atoms with Gasteiger partial charge in [-0.15, -0.1) is 0 Å². The third-order valence-corrected chi connectivity index (χ3v) is 3.67. The Bertz CT molecular complexity index is 248. The molecule has 0 spiro atoms. The Hall–Kier alpha value is -0.630. The highest BCUT2D eigenvalue weighted by molar-refractivity contribution is 4.90. The molecule has 1 N–H and O–H groups in total. The summed E-state index contributed by atoms with van der Waals surface area (Å²) >= 11 is 0. The predicted octanol–water partition coefficient (Wildman–Crippen LogP) is 0.904. The molecule has 1 saturated heterocycles. The van der Waals surface area contributed by atoms with Crippen LogP contribution in [0.5, 0.6) is 0 Å². The molecule has 0 aromatic heterocycles. The number of nitrogens with one attached hydrogen (secondary N) is 1. The summed E-state index contributed by atoms with van der Waals surface area (Å²) < 4.78 is 0. The van der Waals surface area contributed by atoms with Crippen LogP contribution in [0.2, 0.25) is 0 Å². The lowest BCUT2D eigenvalue weighted by Gasteiger charge is -2.39. The molecule has 2 atom stereocenters. The number of likely N-dealkylation sites (N-methyl/N-ethyl adjacent to an activating group) is 1. The van der Waals surface area contributed by atoms with E-state index in [9.17, 15) is 0 Å². The molecule has 4 nitrogen and oxygen atoms in total. The second-order valence-electron chi connectivity index (χ2n) is 4.87. The summed E-state index contributed by atoms with van der Waals surface area (Å²) in [5, 5.41) is 12.2. The average Bonchev–Trinajstić information content (AvgIpc) is 2.36. The molecule has 0 saturated carbocycles. The van der Waals surface area contributed by atoms with Crippen molar-refractivity contribution in [2.75, 3.05) is 39.8 Å². The minimum atomic E-state index is 0.0136. The van der Waals surface area contributed by atoms with Gasteiger partial charge >= 0.3 is 0 Å². The second kappa shape index (κ2) is 7.65. The smallest absolute Gasteiger partial charge is 0.0965 e. The van der Waals surface area contributed by atoms with Crippen molar-refractivity contribution in [3.63, 3.8) is 0 Å². The molecule has 1 aliphatic rings. The van der Waals surface area contributed by atoms with Gasteiger partial charge in [-0.1, -0.05) is 13.8 Å². The van der Waals surface area contributed by atoms with Crippen molar-refractivity contribution in [2.24, 2.45) is 0 Å². The second-order valence-corrected chi connectivity index (χ2v) is 4.87. The highest BCUT2D eigenvalue weighted by Crippen LogP contribution is 2.11. The maximum Gasteiger partial charge on any atom is 0.0965 e. The molecule has 1 fully saturated rings. The van der Waals surface area contributed by atoms with Crippen LogP contribution in [-0.4, -0.2) is 61.7 Å². The summed E-state index contributed by atoms with van der Waals surface area (Å²) in [5.41, 5.74) is 0. The van der Waals surface area contributed by atoms with Gasteiger partial charge in [-0.05, 0) is 26.4 Å². The fraction of sp³-hybridized carbons (Fsp3) is 0.923. The third kappa shape index (κ3) is 4.63. The van der Waals surface area contributed by atoms with Crippen molar-refractivity contribution < 1.29 is 0 Å². The van der Waals surface area contributed by atoms with Crippen LogP contribution in [0.3, 0.4) is 0 Å². The molecule has 1 aliphatic heterocycles.